The molecule has 0 radical (unpaired) electrons. The van der Waals surface area contributed by atoms with Crippen LogP contribution < -0.4 is 10.6 Å². The number of carbonyl (C=O) groups is 2. The second-order valence-corrected chi connectivity index (χ2v) is 8.28. The van der Waals surface area contributed by atoms with Crippen LogP contribution in [0.3, 0.4) is 0 Å². The molecule has 2 aromatic carbocycles. The molecule has 1 saturated carbocycles. The molecular formula is C26H34N2O6. The van der Waals surface area contributed by atoms with E-state index >= 15 is 0 Å². The fourth-order valence-electron chi connectivity index (χ4n) is 4.53. The molecule has 8 nitrogen and oxygen atoms in total. The maximum atomic E-state index is 13.5. The van der Waals surface area contributed by atoms with Crippen LogP contribution in [0.2, 0.25) is 0 Å². The van der Waals surface area contributed by atoms with E-state index in [1.165, 1.54) is 0 Å². The summed E-state index contributed by atoms with van der Waals surface area (Å²) >= 11 is 0. The summed E-state index contributed by atoms with van der Waals surface area (Å²) < 4.78 is 11.8. The number of nitrogens with one attached hydrogen (secondary N) is 2. The zero-order valence-corrected chi connectivity index (χ0v) is 19.6. The van der Waals surface area contributed by atoms with Crippen molar-refractivity contribution in [3.63, 3.8) is 0 Å². The number of ether oxygens (including phenoxy) is 2. The molecule has 1 fully saturated rings. The number of hydrogen-bond donors (Lipinski definition) is 4. The van der Waals surface area contributed by atoms with Crippen LogP contribution in [0.1, 0.15) is 43.5 Å². The zero-order valence-electron chi connectivity index (χ0n) is 19.6. The van der Waals surface area contributed by atoms with Gasteiger partial charge < -0.3 is 30.3 Å². The number of aliphatic hydroxyl groups excluding tert-OH is 2. The molecule has 1 aliphatic rings. The van der Waals surface area contributed by atoms with Gasteiger partial charge in [-0.2, -0.15) is 0 Å². The largest absolute Gasteiger partial charge is 0.394 e. The lowest BCUT2D eigenvalue weighted by Gasteiger charge is -2.52. The average molecular weight is 471 g/mol. The Balaban J connectivity index is 1.82. The lowest BCUT2D eigenvalue weighted by molar-refractivity contribution is -0.315. The maximum absolute atomic E-state index is 13.5. The molecule has 0 heterocycles. The fourth-order valence-corrected chi connectivity index (χ4v) is 4.53. The SMILES string of the molecule is CCOC1(OCC)C[C@H](C(=O)NC(CO)c2ccccc2)[C@H]1C(=O)N[C@@H](CO)c1ccccc1. The number of amides is 2. The molecule has 184 valence electrons. The van der Waals surface area contributed by atoms with Gasteiger partial charge in [0.2, 0.25) is 11.8 Å². The van der Waals surface area contributed by atoms with Crippen LogP contribution in [0.25, 0.3) is 0 Å². The first-order chi connectivity index (χ1) is 16.5. The van der Waals surface area contributed by atoms with Crippen LogP contribution in [0.5, 0.6) is 0 Å². The molecule has 0 aliphatic heterocycles. The minimum absolute atomic E-state index is 0.209. The summed E-state index contributed by atoms with van der Waals surface area (Å²) in [5, 5.41) is 25.5. The summed E-state index contributed by atoms with van der Waals surface area (Å²) in [5.41, 5.74) is 1.52. The molecule has 4 N–H and O–H groups in total. The van der Waals surface area contributed by atoms with Gasteiger partial charge in [0.25, 0.3) is 0 Å². The highest BCUT2D eigenvalue weighted by Gasteiger charge is 2.62. The van der Waals surface area contributed by atoms with Gasteiger partial charge >= 0.3 is 0 Å². The Morgan fingerprint density at radius 1 is 0.853 bits per heavy atom. The average Bonchev–Trinajstić information content (AvgIpc) is 2.85. The van der Waals surface area contributed by atoms with E-state index in [0.717, 1.165) is 11.1 Å². The summed E-state index contributed by atoms with van der Waals surface area (Å²) in [6, 6.07) is 17.1. The van der Waals surface area contributed by atoms with Crippen LogP contribution in [0.15, 0.2) is 60.7 Å². The Hall–Kier alpha value is -2.78. The Morgan fingerprint density at radius 2 is 1.29 bits per heavy atom. The molecule has 4 atom stereocenters. The van der Waals surface area contributed by atoms with E-state index in [0.29, 0.717) is 13.2 Å². The van der Waals surface area contributed by atoms with Gasteiger partial charge in [0, 0.05) is 19.6 Å². The highest BCUT2D eigenvalue weighted by Crippen LogP contribution is 2.48. The van der Waals surface area contributed by atoms with Gasteiger partial charge in [-0.1, -0.05) is 60.7 Å². The molecular weight excluding hydrogens is 436 g/mol. The van der Waals surface area contributed by atoms with Crippen molar-refractivity contribution in [3.05, 3.63) is 71.8 Å². The summed E-state index contributed by atoms with van der Waals surface area (Å²) in [6.07, 6.45) is 0.209. The van der Waals surface area contributed by atoms with Gasteiger partial charge in [0.1, 0.15) is 5.92 Å². The molecule has 0 spiro atoms. The Kier molecular flexibility index (Phi) is 9.18. The first-order valence-corrected chi connectivity index (χ1v) is 11.7. The predicted octanol–water partition coefficient (Wildman–Crippen LogP) is 2.09. The minimum atomic E-state index is -1.23. The molecule has 0 bridgehead atoms. The Morgan fingerprint density at radius 3 is 1.71 bits per heavy atom. The maximum Gasteiger partial charge on any atom is 0.229 e. The van der Waals surface area contributed by atoms with E-state index in [2.05, 4.69) is 10.6 Å². The number of benzene rings is 2. The van der Waals surface area contributed by atoms with Crippen LogP contribution >= 0.6 is 0 Å². The van der Waals surface area contributed by atoms with Crippen LogP contribution in [0, 0.1) is 11.8 Å². The van der Waals surface area contributed by atoms with Crippen LogP contribution in [-0.4, -0.2) is 54.2 Å². The van der Waals surface area contributed by atoms with Crippen molar-refractivity contribution in [3.8, 4) is 0 Å². The third-order valence-corrected chi connectivity index (χ3v) is 6.18. The summed E-state index contributed by atoms with van der Waals surface area (Å²) in [4.78, 5) is 26.7. The van der Waals surface area contributed by atoms with Crippen molar-refractivity contribution in [2.45, 2.75) is 38.1 Å². The topological polar surface area (TPSA) is 117 Å². The molecule has 0 aromatic heterocycles. The molecule has 34 heavy (non-hydrogen) atoms. The molecule has 1 aliphatic carbocycles. The van der Waals surface area contributed by atoms with Gasteiger partial charge in [-0.15, -0.1) is 0 Å². The highest BCUT2D eigenvalue weighted by molar-refractivity contribution is 5.91. The van der Waals surface area contributed by atoms with E-state index in [4.69, 9.17) is 9.47 Å². The standard InChI is InChI=1S/C26H34N2O6/c1-3-33-26(34-4-2)15-20(24(31)27-21(16-29)18-11-7-5-8-12-18)23(26)25(32)28-22(17-30)19-13-9-6-10-14-19/h5-14,20-23,29-30H,3-4,15-17H2,1-2H3,(H,27,31)(H,28,32)/t20-,21?,22-,23-/m0/s1. The van der Waals surface area contributed by atoms with Gasteiger partial charge in [0.05, 0.1) is 31.2 Å². The van der Waals surface area contributed by atoms with Gasteiger partial charge in [0.15, 0.2) is 5.79 Å². The fraction of sp³-hybridized carbons (Fsp3) is 0.462. The first kappa shape index (κ1) is 25.8. The number of hydrogen-bond acceptors (Lipinski definition) is 6. The van der Waals surface area contributed by atoms with Crippen molar-refractivity contribution in [1.82, 2.24) is 10.6 Å². The number of rotatable bonds is 12. The summed E-state index contributed by atoms with van der Waals surface area (Å²) in [5.74, 6) is -3.66. The minimum Gasteiger partial charge on any atom is -0.394 e. The predicted molar refractivity (Wildman–Crippen MR) is 126 cm³/mol. The van der Waals surface area contributed by atoms with E-state index < -0.39 is 35.6 Å². The van der Waals surface area contributed by atoms with Crippen molar-refractivity contribution in [2.75, 3.05) is 26.4 Å². The van der Waals surface area contributed by atoms with E-state index in [1.54, 1.807) is 13.8 Å². The van der Waals surface area contributed by atoms with Gasteiger partial charge in [-0.3, -0.25) is 9.59 Å². The molecule has 2 aromatic rings. The third-order valence-electron chi connectivity index (χ3n) is 6.18. The quantitative estimate of drug-likeness (QED) is 0.353. The lowest BCUT2D eigenvalue weighted by atomic mass is 9.66. The molecule has 2 amide bonds. The van der Waals surface area contributed by atoms with E-state index in [-0.39, 0.29) is 25.5 Å². The van der Waals surface area contributed by atoms with Crippen molar-refractivity contribution < 1.29 is 29.3 Å². The van der Waals surface area contributed by atoms with Crippen molar-refractivity contribution >= 4 is 11.8 Å². The van der Waals surface area contributed by atoms with Crippen LogP contribution in [0.4, 0.5) is 0 Å². The van der Waals surface area contributed by atoms with Gasteiger partial charge in [-0.25, -0.2) is 0 Å². The van der Waals surface area contributed by atoms with Crippen molar-refractivity contribution in [1.29, 1.82) is 0 Å². The molecule has 3 rings (SSSR count). The molecule has 8 heteroatoms. The third kappa shape index (κ3) is 5.64. The second-order valence-electron chi connectivity index (χ2n) is 8.28. The van der Waals surface area contributed by atoms with Crippen LogP contribution in [-0.2, 0) is 19.1 Å². The summed E-state index contributed by atoms with van der Waals surface area (Å²) in [7, 11) is 0. The zero-order chi connectivity index (χ0) is 24.6. The van der Waals surface area contributed by atoms with Gasteiger partial charge in [-0.05, 0) is 25.0 Å². The Labute approximate surface area is 200 Å². The first-order valence-electron chi connectivity index (χ1n) is 11.7. The normalized spacial score (nSPS) is 20.6. The lowest BCUT2D eigenvalue weighted by Crippen LogP contribution is -2.66. The van der Waals surface area contributed by atoms with E-state index in [1.807, 2.05) is 60.7 Å². The van der Waals surface area contributed by atoms with Crippen molar-refractivity contribution in [2.24, 2.45) is 11.8 Å². The summed E-state index contributed by atoms with van der Waals surface area (Å²) in [6.45, 7) is 3.66. The second kappa shape index (κ2) is 12.1. The molecule has 0 saturated heterocycles. The monoisotopic (exact) mass is 470 g/mol. The molecule has 1 unspecified atom stereocenters. The van der Waals surface area contributed by atoms with E-state index in [9.17, 15) is 19.8 Å². The number of carbonyl (C=O) groups excluding carboxylic acids is 2. The number of aliphatic hydroxyl groups is 2. The highest BCUT2D eigenvalue weighted by atomic mass is 16.7. The smallest absolute Gasteiger partial charge is 0.229 e. The Bertz CT molecular complexity index is 917.